The molecule has 0 fully saturated rings. The fourth-order valence-corrected chi connectivity index (χ4v) is 4.21. The Morgan fingerprint density at radius 3 is 2.68 bits per heavy atom. The Balaban J connectivity index is 1.60. The SMILES string of the molecule is O=C(CCSc1nc2ccccc2c(=O)n1-c1ccccc1)Nc1nccs1. The highest BCUT2D eigenvalue weighted by molar-refractivity contribution is 7.99. The average molecular weight is 409 g/mol. The van der Waals surface area contributed by atoms with Gasteiger partial charge in [-0.1, -0.05) is 42.1 Å². The summed E-state index contributed by atoms with van der Waals surface area (Å²) in [5.41, 5.74) is 1.28. The van der Waals surface area contributed by atoms with Crippen molar-refractivity contribution in [2.24, 2.45) is 0 Å². The number of hydrogen-bond donors (Lipinski definition) is 1. The van der Waals surface area contributed by atoms with Crippen molar-refractivity contribution in [1.29, 1.82) is 0 Å². The van der Waals surface area contributed by atoms with Crippen LogP contribution in [0.25, 0.3) is 16.6 Å². The van der Waals surface area contributed by atoms with Gasteiger partial charge in [0.15, 0.2) is 10.3 Å². The molecule has 0 aliphatic rings. The van der Waals surface area contributed by atoms with E-state index in [2.05, 4.69) is 15.3 Å². The first-order valence-electron chi connectivity index (χ1n) is 8.62. The van der Waals surface area contributed by atoms with Crippen molar-refractivity contribution in [2.45, 2.75) is 11.6 Å². The maximum Gasteiger partial charge on any atom is 0.266 e. The molecule has 1 N–H and O–H groups in total. The van der Waals surface area contributed by atoms with E-state index in [-0.39, 0.29) is 11.5 Å². The van der Waals surface area contributed by atoms with Crippen molar-refractivity contribution in [3.63, 3.8) is 0 Å². The van der Waals surface area contributed by atoms with Crippen molar-refractivity contribution in [1.82, 2.24) is 14.5 Å². The molecule has 2 aromatic heterocycles. The van der Waals surface area contributed by atoms with Gasteiger partial charge in [-0.25, -0.2) is 9.97 Å². The Morgan fingerprint density at radius 1 is 1.11 bits per heavy atom. The van der Waals surface area contributed by atoms with Crippen LogP contribution in [0.5, 0.6) is 0 Å². The number of aromatic nitrogens is 3. The largest absolute Gasteiger partial charge is 0.302 e. The number of hydrogen-bond acceptors (Lipinski definition) is 6. The van der Waals surface area contributed by atoms with E-state index in [4.69, 9.17) is 0 Å². The first-order chi connectivity index (χ1) is 13.7. The fourth-order valence-electron chi connectivity index (χ4n) is 2.72. The quantitative estimate of drug-likeness (QED) is 0.386. The van der Waals surface area contributed by atoms with Crippen LogP contribution in [0.15, 0.2) is 76.1 Å². The van der Waals surface area contributed by atoms with Gasteiger partial charge in [0.2, 0.25) is 5.91 Å². The molecule has 28 heavy (non-hydrogen) atoms. The lowest BCUT2D eigenvalue weighted by atomic mass is 10.2. The first-order valence-corrected chi connectivity index (χ1v) is 10.5. The van der Waals surface area contributed by atoms with Gasteiger partial charge in [-0.15, -0.1) is 11.3 Å². The summed E-state index contributed by atoms with van der Waals surface area (Å²) in [6.45, 7) is 0. The molecule has 4 aromatic rings. The maximum atomic E-state index is 13.1. The van der Waals surface area contributed by atoms with E-state index in [1.807, 2.05) is 53.9 Å². The molecule has 0 aliphatic carbocycles. The van der Waals surface area contributed by atoms with Gasteiger partial charge >= 0.3 is 0 Å². The molecule has 2 aromatic carbocycles. The Hall–Kier alpha value is -2.97. The molecular weight excluding hydrogens is 392 g/mol. The number of para-hydroxylation sites is 2. The third-order valence-corrected chi connectivity index (χ3v) is 5.63. The lowest BCUT2D eigenvalue weighted by Crippen LogP contribution is -2.22. The summed E-state index contributed by atoms with van der Waals surface area (Å²) in [5.74, 6) is 0.381. The molecule has 0 radical (unpaired) electrons. The monoisotopic (exact) mass is 408 g/mol. The standard InChI is InChI=1S/C20H16N4O2S2/c25-17(23-19-21-11-13-27-19)10-12-28-20-22-16-9-5-4-8-15(16)18(26)24(20)14-6-2-1-3-7-14/h1-9,11,13H,10,12H2,(H,21,23,25). The summed E-state index contributed by atoms with van der Waals surface area (Å²) >= 11 is 2.76. The minimum absolute atomic E-state index is 0.114. The number of fused-ring (bicyclic) bond motifs is 1. The molecule has 0 saturated carbocycles. The van der Waals surface area contributed by atoms with Crippen molar-refractivity contribution in [3.05, 3.63) is 76.5 Å². The molecule has 0 unspecified atom stereocenters. The molecule has 0 saturated heterocycles. The lowest BCUT2D eigenvalue weighted by Gasteiger charge is -2.13. The lowest BCUT2D eigenvalue weighted by molar-refractivity contribution is -0.115. The summed E-state index contributed by atoms with van der Waals surface area (Å²) in [4.78, 5) is 33.9. The molecule has 0 spiro atoms. The Labute approximate surface area is 169 Å². The first kappa shape index (κ1) is 18.4. The van der Waals surface area contributed by atoms with Gasteiger partial charge in [0, 0.05) is 23.8 Å². The molecule has 8 heteroatoms. The second-order valence-corrected chi connectivity index (χ2v) is 7.83. The van der Waals surface area contributed by atoms with E-state index < -0.39 is 0 Å². The number of nitrogens with zero attached hydrogens (tertiary/aromatic N) is 3. The maximum absolute atomic E-state index is 13.1. The van der Waals surface area contributed by atoms with Crippen molar-refractivity contribution in [3.8, 4) is 5.69 Å². The molecular formula is C20H16N4O2S2. The molecule has 140 valence electrons. The summed E-state index contributed by atoms with van der Waals surface area (Å²) in [5, 5.41) is 6.29. The van der Waals surface area contributed by atoms with Crippen LogP contribution in [0.4, 0.5) is 5.13 Å². The van der Waals surface area contributed by atoms with E-state index in [0.29, 0.717) is 33.4 Å². The van der Waals surface area contributed by atoms with E-state index in [1.54, 1.807) is 16.8 Å². The molecule has 0 bridgehead atoms. The number of thiazole rings is 1. The number of carbonyl (C=O) groups is 1. The Bertz CT molecular complexity index is 1160. The highest BCUT2D eigenvalue weighted by Gasteiger charge is 2.14. The van der Waals surface area contributed by atoms with Gasteiger partial charge in [0.05, 0.1) is 16.6 Å². The molecule has 2 heterocycles. The minimum atomic E-state index is -0.119. The Kier molecular flexibility index (Phi) is 5.50. The zero-order valence-corrected chi connectivity index (χ0v) is 16.4. The fraction of sp³-hybridized carbons (Fsp3) is 0.100. The summed E-state index contributed by atoms with van der Waals surface area (Å²) < 4.78 is 1.60. The van der Waals surface area contributed by atoms with Crippen LogP contribution in [-0.2, 0) is 4.79 Å². The summed E-state index contributed by atoms with van der Waals surface area (Å²) in [6, 6.07) is 16.7. The van der Waals surface area contributed by atoms with Crippen LogP contribution in [0.3, 0.4) is 0 Å². The van der Waals surface area contributed by atoms with Crippen LogP contribution in [-0.4, -0.2) is 26.2 Å². The van der Waals surface area contributed by atoms with Gasteiger partial charge < -0.3 is 5.32 Å². The predicted molar refractivity (Wildman–Crippen MR) is 113 cm³/mol. The topological polar surface area (TPSA) is 76.9 Å². The number of amides is 1. The van der Waals surface area contributed by atoms with Gasteiger partial charge in [-0.2, -0.15) is 0 Å². The predicted octanol–water partition coefficient (Wildman–Crippen LogP) is 3.96. The van der Waals surface area contributed by atoms with Gasteiger partial charge in [0.25, 0.3) is 5.56 Å². The normalized spacial score (nSPS) is 10.9. The molecule has 0 atom stereocenters. The van der Waals surface area contributed by atoms with E-state index in [1.165, 1.54) is 23.1 Å². The number of anilines is 1. The van der Waals surface area contributed by atoms with Crippen molar-refractivity contribution in [2.75, 3.05) is 11.1 Å². The van der Waals surface area contributed by atoms with E-state index in [0.717, 1.165) is 5.69 Å². The third kappa shape index (κ3) is 3.97. The van der Waals surface area contributed by atoms with Crippen LogP contribution < -0.4 is 10.9 Å². The highest BCUT2D eigenvalue weighted by Crippen LogP contribution is 2.22. The van der Waals surface area contributed by atoms with Gasteiger partial charge in [-0.05, 0) is 24.3 Å². The molecule has 1 amide bonds. The van der Waals surface area contributed by atoms with E-state index >= 15 is 0 Å². The number of rotatable bonds is 6. The van der Waals surface area contributed by atoms with Crippen molar-refractivity contribution < 1.29 is 4.79 Å². The van der Waals surface area contributed by atoms with E-state index in [9.17, 15) is 9.59 Å². The summed E-state index contributed by atoms with van der Waals surface area (Å²) in [6.07, 6.45) is 1.94. The van der Waals surface area contributed by atoms with Crippen LogP contribution in [0, 0.1) is 0 Å². The highest BCUT2D eigenvalue weighted by atomic mass is 32.2. The number of carbonyl (C=O) groups excluding carboxylic acids is 1. The molecule has 4 rings (SSSR count). The molecule has 6 nitrogen and oxygen atoms in total. The summed E-state index contributed by atoms with van der Waals surface area (Å²) in [7, 11) is 0. The number of nitrogens with one attached hydrogen (secondary N) is 1. The van der Waals surface area contributed by atoms with Gasteiger partial charge in [-0.3, -0.25) is 14.2 Å². The van der Waals surface area contributed by atoms with Crippen molar-refractivity contribution >= 4 is 45.0 Å². The van der Waals surface area contributed by atoms with Crippen LogP contribution >= 0.6 is 23.1 Å². The third-order valence-electron chi connectivity index (χ3n) is 4.00. The number of benzene rings is 2. The second-order valence-electron chi connectivity index (χ2n) is 5.87. The zero-order valence-electron chi connectivity index (χ0n) is 14.7. The van der Waals surface area contributed by atoms with Crippen LogP contribution in [0.1, 0.15) is 6.42 Å². The van der Waals surface area contributed by atoms with Crippen LogP contribution in [0.2, 0.25) is 0 Å². The zero-order chi connectivity index (χ0) is 19.3. The minimum Gasteiger partial charge on any atom is -0.302 e. The number of thioether (sulfide) groups is 1. The average Bonchev–Trinajstić information content (AvgIpc) is 3.22. The van der Waals surface area contributed by atoms with Gasteiger partial charge in [0.1, 0.15) is 0 Å². The second kappa shape index (κ2) is 8.37. The smallest absolute Gasteiger partial charge is 0.266 e. The Morgan fingerprint density at radius 2 is 1.89 bits per heavy atom. The molecule has 0 aliphatic heterocycles.